The van der Waals surface area contributed by atoms with Gasteiger partial charge in [-0.25, -0.2) is 0 Å². The molecule has 0 aromatic carbocycles. The molecule has 1 rings (SSSR count). The van der Waals surface area contributed by atoms with Crippen molar-refractivity contribution < 1.29 is 9.90 Å². The summed E-state index contributed by atoms with van der Waals surface area (Å²) in [5.41, 5.74) is -0.812. The molecule has 100 valence electrons. The van der Waals surface area contributed by atoms with Crippen LogP contribution in [0.3, 0.4) is 0 Å². The van der Waals surface area contributed by atoms with Crippen LogP contribution < -0.4 is 5.32 Å². The van der Waals surface area contributed by atoms with Crippen molar-refractivity contribution in [2.75, 3.05) is 26.2 Å². The molecule has 0 aliphatic carbocycles. The molecular weight excluding hydrogens is 216 g/mol. The van der Waals surface area contributed by atoms with Gasteiger partial charge in [0.25, 0.3) is 0 Å². The van der Waals surface area contributed by atoms with Gasteiger partial charge in [-0.3, -0.25) is 4.79 Å². The van der Waals surface area contributed by atoms with Crippen molar-refractivity contribution in [3.05, 3.63) is 0 Å². The number of carboxylic acid groups (broad SMARTS) is 1. The van der Waals surface area contributed by atoms with Gasteiger partial charge < -0.3 is 15.3 Å². The Morgan fingerprint density at radius 1 is 1.24 bits per heavy atom. The second-order valence-corrected chi connectivity index (χ2v) is 5.21. The molecule has 0 amide bonds. The van der Waals surface area contributed by atoms with Gasteiger partial charge >= 0.3 is 5.97 Å². The quantitative estimate of drug-likeness (QED) is 0.770. The molecule has 1 aliphatic heterocycles. The fourth-order valence-corrected chi connectivity index (χ4v) is 2.51. The van der Waals surface area contributed by atoms with E-state index < -0.39 is 11.5 Å². The Morgan fingerprint density at radius 2 is 1.76 bits per heavy atom. The second-order valence-electron chi connectivity index (χ2n) is 5.21. The molecule has 0 aromatic heterocycles. The van der Waals surface area contributed by atoms with E-state index in [9.17, 15) is 9.90 Å². The molecule has 0 bridgehead atoms. The van der Waals surface area contributed by atoms with E-state index in [1.807, 2.05) is 6.92 Å². The predicted octanol–water partition coefficient (Wildman–Crippen LogP) is 1.71. The highest BCUT2D eigenvalue weighted by atomic mass is 16.4. The van der Waals surface area contributed by atoms with Crippen LogP contribution >= 0.6 is 0 Å². The lowest BCUT2D eigenvalue weighted by Crippen LogP contribution is -2.57. The molecule has 0 aromatic rings. The van der Waals surface area contributed by atoms with Gasteiger partial charge in [-0.15, -0.1) is 0 Å². The number of carboxylic acids is 1. The first-order chi connectivity index (χ1) is 8.08. The summed E-state index contributed by atoms with van der Waals surface area (Å²) in [6, 6.07) is 0. The van der Waals surface area contributed by atoms with E-state index in [2.05, 4.69) is 10.2 Å². The van der Waals surface area contributed by atoms with Crippen LogP contribution in [-0.4, -0.2) is 47.7 Å². The van der Waals surface area contributed by atoms with Crippen LogP contribution in [0.2, 0.25) is 0 Å². The maximum atomic E-state index is 11.3. The Morgan fingerprint density at radius 3 is 2.24 bits per heavy atom. The number of likely N-dealkylation sites (N-methyl/N-ethyl adjacent to an activating group) is 1. The number of carbonyl (C=O) groups is 1. The van der Waals surface area contributed by atoms with E-state index in [-0.39, 0.29) is 0 Å². The van der Waals surface area contributed by atoms with Gasteiger partial charge in [0.2, 0.25) is 0 Å². The number of aliphatic carboxylic acids is 1. The lowest BCUT2D eigenvalue weighted by atomic mass is 10.00. The molecule has 1 aliphatic rings. The van der Waals surface area contributed by atoms with Gasteiger partial charge in [-0.05, 0) is 39.4 Å². The maximum absolute atomic E-state index is 11.3. The first-order valence-electron chi connectivity index (χ1n) is 6.79. The Kier molecular flexibility index (Phi) is 5.92. The summed E-state index contributed by atoms with van der Waals surface area (Å²) < 4.78 is 0. The smallest absolute Gasteiger partial charge is 0.324 e. The zero-order valence-corrected chi connectivity index (χ0v) is 11.2. The first kappa shape index (κ1) is 14.5. The molecule has 4 nitrogen and oxygen atoms in total. The van der Waals surface area contributed by atoms with Crippen LogP contribution in [0.4, 0.5) is 0 Å². The van der Waals surface area contributed by atoms with Gasteiger partial charge in [-0.1, -0.05) is 26.2 Å². The Bertz CT molecular complexity index is 238. The molecule has 1 heterocycles. The van der Waals surface area contributed by atoms with Crippen molar-refractivity contribution in [1.29, 1.82) is 0 Å². The van der Waals surface area contributed by atoms with Crippen LogP contribution in [0.25, 0.3) is 0 Å². The van der Waals surface area contributed by atoms with E-state index >= 15 is 0 Å². The summed E-state index contributed by atoms with van der Waals surface area (Å²) >= 11 is 0. The molecule has 2 N–H and O–H groups in total. The standard InChI is InChI=1S/C13H26N2O2/c1-3-14-13(2,12(16)17)11-15-9-7-5-4-6-8-10-15/h14H,3-11H2,1-2H3,(H,16,17). The molecule has 1 atom stereocenters. The van der Waals surface area contributed by atoms with E-state index in [1.54, 1.807) is 6.92 Å². The maximum Gasteiger partial charge on any atom is 0.324 e. The minimum atomic E-state index is -0.812. The second kappa shape index (κ2) is 6.97. The number of nitrogens with zero attached hydrogens (tertiary/aromatic N) is 1. The number of rotatable bonds is 5. The number of hydrogen-bond donors (Lipinski definition) is 2. The zero-order valence-electron chi connectivity index (χ0n) is 11.2. The third kappa shape index (κ3) is 4.64. The Hall–Kier alpha value is -0.610. The van der Waals surface area contributed by atoms with E-state index in [0.717, 1.165) is 13.1 Å². The van der Waals surface area contributed by atoms with Crippen LogP contribution in [-0.2, 0) is 4.79 Å². The van der Waals surface area contributed by atoms with Crippen molar-refractivity contribution in [3.8, 4) is 0 Å². The van der Waals surface area contributed by atoms with Gasteiger partial charge in [0.05, 0.1) is 0 Å². The average Bonchev–Trinajstić information content (AvgIpc) is 2.22. The van der Waals surface area contributed by atoms with Gasteiger partial charge in [-0.2, -0.15) is 0 Å². The number of likely N-dealkylation sites (tertiary alicyclic amines) is 1. The van der Waals surface area contributed by atoms with Gasteiger partial charge in [0.15, 0.2) is 0 Å². The highest BCUT2D eigenvalue weighted by molar-refractivity contribution is 5.78. The van der Waals surface area contributed by atoms with Crippen LogP contribution in [0, 0.1) is 0 Å². The predicted molar refractivity (Wildman–Crippen MR) is 69.2 cm³/mol. The molecular formula is C13H26N2O2. The lowest BCUT2D eigenvalue weighted by molar-refractivity contribution is -0.145. The van der Waals surface area contributed by atoms with Crippen molar-refractivity contribution in [2.45, 2.75) is 51.5 Å². The Balaban J connectivity index is 2.54. The normalized spacial score (nSPS) is 22.5. The first-order valence-corrected chi connectivity index (χ1v) is 6.79. The molecule has 0 radical (unpaired) electrons. The molecule has 0 spiro atoms. The topological polar surface area (TPSA) is 52.6 Å². The lowest BCUT2D eigenvalue weighted by Gasteiger charge is -2.33. The van der Waals surface area contributed by atoms with Gasteiger partial charge in [0, 0.05) is 6.54 Å². The van der Waals surface area contributed by atoms with Crippen molar-refractivity contribution in [1.82, 2.24) is 10.2 Å². The summed E-state index contributed by atoms with van der Waals surface area (Å²) in [5.74, 6) is -0.749. The highest BCUT2D eigenvalue weighted by Gasteiger charge is 2.33. The fourth-order valence-electron chi connectivity index (χ4n) is 2.51. The molecule has 0 saturated carbocycles. The van der Waals surface area contributed by atoms with Crippen LogP contribution in [0.5, 0.6) is 0 Å². The summed E-state index contributed by atoms with van der Waals surface area (Å²) in [7, 11) is 0. The van der Waals surface area contributed by atoms with Crippen LogP contribution in [0.15, 0.2) is 0 Å². The Labute approximate surface area is 104 Å². The number of hydrogen-bond acceptors (Lipinski definition) is 3. The zero-order chi connectivity index (χ0) is 12.7. The minimum Gasteiger partial charge on any atom is -0.480 e. The molecule has 17 heavy (non-hydrogen) atoms. The largest absolute Gasteiger partial charge is 0.480 e. The molecule has 1 saturated heterocycles. The number of nitrogens with one attached hydrogen (secondary N) is 1. The van der Waals surface area contributed by atoms with Crippen molar-refractivity contribution in [3.63, 3.8) is 0 Å². The molecule has 1 fully saturated rings. The highest BCUT2D eigenvalue weighted by Crippen LogP contribution is 2.14. The van der Waals surface area contributed by atoms with E-state index in [1.165, 1.54) is 32.1 Å². The van der Waals surface area contributed by atoms with Crippen molar-refractivity contribution in [2.24, 2.45) is 0 Å². The summed E-state index contributed by atoms with van der Waals surface area (Å²) in [5, 5.41) is 12.4. The third-order valence-corrected chi connectivity index (χ3v) is 3.53. The summed E-state index contributed by atoms with van der Waals surface area (Å²) in [6.45, 7) is 7.11. The van der Waals surface area contributed by atoms with E-state index in [0.29, 0.717) is 13.1 Å². The van der Waals surface area contributed by atoms with Crippen LogP contribution in [0.1, 0.15) is 46.0 Å². The molecule has 4 heteroatoms. The fraction of sp³-hybridized carbons (Fsp3) is 0.923. The van der Waals surface area contributed by atoms with Gasteiger partial charge in [0.1, 0.15) is 5.54 Å². The monoisotopic (exact) mass is 242 g/mol. The van der Waals surface area contributed by atoms with E-state index in [4.69, 9.17) is 0 Å². The minimum absolute atomic E-state index is 0.607. The van der Waals surface area contributed by atoms with Crippen molar-refractivity contribution >= 4 is 5.97 Å². The average molecular weight is 242 g/mol. The summed E-state index contributed by atoms with van der Waals surface area (Å²) in [4.78, 5) is 13.7. The SMILES string of the molecule is CCNC(C)(CN1CCCCCCC1)C(=O)O. The summed E-state index contributed by atoms with van der Waals surface area (Å²) in [6.07, 6.45) is 6.28. The third-order valence-electron chi connectivity index (χ3n) is 3.53. The molecule has 1 unspecified atom stereocenters.